The van der Waals surface area contributed by atoms with Crippen LogP contribution in [0.25, 0.3) is 0 Å². The van der Waals surface area contributed by atoms with E-state index in [2.05, 4.69) is 17.1 Å². The predicted molar refractivity (Wildman–Crippen MR) is 75.9 cm³/mol. The Balaban J connectivity index is 1.51. The number of hydrogen-bond acceptors (Lipinski definition) is 3. The highest BCUT2D eigenvalue weighted by Gasteiger charge is 2.23. The van der Waals surface area contributed by atoms with Gasteiger partial charge in [0.25, 0.3) is 0 Å². The van der Waals surface area contributed by atoms with Gasteiger partial charge in [-0.3, -0.25) is 0 Å². The summed E-state index contributed by atoms with van der Waals surface area (Å²) in [5, 5.41) is 3.38. The quantitative estimate of drug-likeness (QED) is 0.639. The van der Waals surface area contributed by atoms with Crippen LogP contribution < -0.4 is 5.32 Å². The van der Waals surface area contributed by atoms with Crippen molar-refractivity contribution in [2.24, 2.45) is 5.92 Å². The van der Waals surface area contributed by atoms with E-state index < -0.39 is 0 Å². The van der Waals surface area contributed by atoms with Crippen molar-refractivity contribution in [2.75, 3.05) is 39.3 Å². The van der Waals surface area contributed by atoms with Gasteiger partial charge in [0.1, 0.15) is 0 Å². The summed E-state index contributed by atoms with van der Waals surface area (Å²) in [5.41, 5.74) is 0. The van der Waals surface area contributed by atoms with Gasteiger partial charge in [0, 0.05) is 19.7 Å². The highest BCUT2D eigenvalue weighted by atomic mass is 16.5. The lowest BCUT2D eigenvalue weighted by Crippen LogP contribution is -2.33. The summed E-state index contributed by atoms with van der Waals surface area (Å²) in [5.74, 6) is 1.02. The van der Waals surface area contributed by atoms with Crippen molar-refractivity contribution in [3.8, 4) is 0 Å². The first-order valence-corrected chi connectivity index (χ1v) is 7.93. The molecule has 0 unspecified atom stereocenters. The van der Waals surface area contributed by atoms with Gasteiger partial charge in [-0.25, -0.2) is 0 Å². The van der Waals surface area contributed by atoms with E-state index in [1.54, 1.807) is 0 Å². The molecule has 0 aromatic rings. The lowest BCUT2D eigenvalue weighted by atomic mass is 10.1. The normalized spacial score (nSPS) is 21.7. The van der Waals surface area contributed by atoms with Crippen LogP contribution in [0, 0.1) is 5.92 Å². The first kappa shape index (κ1) is 14.3. The third-order valence-corrected chi connectivity index (χ3v) is 4.01. The van der Waals surface area contributed by atoms with Gasteiger partial charge in [0.2, 0.25) is 0 Å². The van der Waals surface area contributed by atoms with Gasteiger partial charge in [-0.1, -0.05) is 6.92 Å². The first-order valence-electron chi connectivity index (χ1n) is 7.93. The van der Waals surface area contributed by atoms with Gasteiger partial charge in [0.05, 0.1) is 6.10 Å². The second kappa shape index (κ2) is 8.13. The Morgan fingerprint density at radius 3 is 2.56 bits per heavy atom. The molecule has 0 aromatic heterocycles. The molecular weight excluding hydrogens is 224 g/mol. The van der Waals surface area contributed by atoms with Crippen molar-refractivity contribution in [3.63, 3.8) is 0 Å². The molecule has 3 heteroatoms. The average Bonchev–Trinajstić information content (AvgIpc) is 3.20. The Morgan fingerprint density at radius 2 is 1.89 bits per heavy atom. The Morgan fingerprint density at radius 1 is 1.11 bits per heavy atom. The van der Waals surface area contributed by atoms with E-state index in [0.29, 0.717) is 6.10 Å². The average molecular weight is 254 g/mol. The van der Waals surface area contributed by atoms with E-state index >= 15 is 0 Å². The van der Waals surface area contributed by atoms with Crippen LogP contribution in [-0.2, 0) is 4.74 Å². The van der Waals surface area contributed by atoms with E-state index in [0.717, 1.165) is 25.6 Å². The maximum Gasteiger partial charge on any atom is 0.0599 e. The lowest BCUT2D eigenvalue weighted by Gasteiger charge is -2.24. The van der Waals surface area contributed by atoms with Gasteiger partial charge in [-0.15, -0.1) is 0 Å². The Labute approximate surface area is 112 Å². The molecule has 2 aliphatic rings. The fourth-order valence-electron chi connectivity index (χ4n) is 2.78. The van der Waals surface area contributed by atoms with Crippen molar-refractivity contribution in [1.29, 1.82) is 0 Å². The third kappa shape index (κ3) is 5.68. The van der Waals surface area contributed by atoms with Crippen molar-refractivity contribution >= 4 is 0 Å². The molecule has 0 bridgehead atoms. The largest absolute Gasteiger partial charge is 0.378 e. The maximum absolute atomic E-state index is 5.97. The van der Waals surface area contributed by atoms with Gasteiger partial charge in [-0.05, 0) is 64.1 Å². The highest BCUT2D eigenvalue weighted by molar-refractivity contribution is 4.77. The van der Waals surface area contributed by atoms with Crippen LogP contribution in [0.3, 0.4) is 0 Å². The molecule has 106 valence electrons. The molecule has 18 heavy (non-hydrogen) atoms. The second-order valence-corrected chi connectivity index (χ2v) is 5.92. The summed E-state index contributed by atoms with van der Waals surface area (Å²) in [4.78, 5) is 2.64. The first-order chi connectivity index (χ1) is 8.88. The van der Waals surface area contributed by atoms with Crippen LogP contribution >= 0.6 is 0 Å². The molecule has 2 fully saturated rings. The van der Waals surface area contributed by atoms with Crippen LogP contribution in [0.5, 0.6) is 0 Å². The van der Waals surface area contributed by atoms with Crippen molar-refractivity contribution in [1.82, 2.24) is 10.2 Å². The monoisotopic (exact) mass is 254 g/mol. The molecule has 0 atom stereocenters. The van der Waals surface area contributed by atoms with Gasteiger partial charge in [0.15, 0.2) is 0 Å². The number of nitrogens with one attached hydrogen (secondary N) is 1. The minimum Gasteiger partial charge on any atom is -0.378 e. The molecule has 1 aliphatic carbocycles. The Bertz CT molecular complexity index is 213. The molecule has 0 spiro atoms. The van der Waals surface area contributed by atoms with Crippen LogP contribution in [0.2, 0.25) is 0 Å². The summed E-state index contributed by atoms with van der Waals surface area (Å²) >= 11 is 0. The van der Waals surface area contributed by atoms with Crippen LogP contribution in [0.1, 0.15) is 45.4 Å². The number of rotatable bonds is 9. The lowest BCUT2D eigenvalue weighted by molar-refractivity contribution is 0.0276. The molecule has 0 radical (unpaired) electrons. The van der Waals surface area contributed by atoms with Crippen LogP contribution in [0.15, 0.2) is 0 Å². The minimum absolute atomic E-state index is 0.523. The fraction of sp³-hybridized carbons (Fsp3) is 1.00. The molecule has 0 aromatic carbocycles. The number of piperidine rings is 1. The summed E-state index contributed by atoms with van der Waals surface area (Å²) in [6, 6.07) is 0. The van der Waals surface area contributed by atoms with E-state index in [-0.39, 0.29) is 0 Å². The minimum atomic E-state index is 0.523. The summed E-state index contributed by atoms with van der Waals surface area (Å²) in [6.45, 7) is 9.34. The van der Waals surface area contributed by atoms with Crippen LogP contribution in [-0.4, -0.2) is 50.3 Å². The number of ether oxygens (including phenoxy) is 1. The zero-order chi connectivity index (χ0) is 12.6. The fourth-order valence-corrected chi connectivity index (χ4v) is 2.78. The van der Waals surface area contributed by atoms with Crippen molar-refractivity contribution in [3.05, 3.63) is 0 Å². The zero-order valence-corrected chi connectivity index (χ0v) is 12.0. The summed E-state index contributed by atoms with van der Waals surface area (Å²) in [6.07, 6.45) is 8.33. The maximum atomic E-state index is 5.97. The topological polar surface area (TPSA) is 24.5 Å². The molecule has 3 nitrogen and oxygen atoms in total. The number of nitrogens with zero attached hydrogens (tertiary/aromatic N) is 1. The van der Waals surface area contributed by atoms with Crippen LogP contribution in [0.4, 0.5) is 0 Å². The van der Waals surface area contributed by atoms with Gasteiger partial charge < -0.3 is 15.0 Å². The van der Waals surface area contributed by atoms with Crippen molar-refractivity contribution in [2.45, 2.75) is 51.6 Å². The highest BCUT2D eigenvalue weighted by Crippen LogP contribution is 2.29. The second-order valence-electron chi connectivity index (χ2n) is 5.92. The Hall–Kier alpha value is -0.120. The zero-order valence-electron chi connectivity index (χ0n) is 12.0. The van der Waals surface area contributed by atoms with E-state index in [4.69, 9.17) is 4.74 Å². The van der Waals surface area contributed by atoms with Crippen molar-refractivity contribution < 1.29 is 4.74 Å². The number of hydrogen-bond donors (Lipinski definition) is 1. The summed E-state index contributed by atoms with van der Waals surface area (Å²) < 4.78 is 5.97. The summed E-state index contributed by atoms with van der Waals surface area (Å²) in [7, 11) is 0. The molecule has 1 heterocycles. The van der Waals surface area contributed by atoms with E-state index in [1.165, 1.54) is 58.2 Å². The SMILES string of the molecule is CCCN(CCCOC1CCNCC1)CC1CC1. The molecule has 1 aliphatic heterocycles. The van der Waals surface area contributed by atoms with Gasteiger partial charge >= 0.3 is 0 Å². The molecule has 1 N–H and O–H groups in total. The molecule has 0 amide bonds. The van der Waals surface area contributed by atoms with E-state index in [1.807, 2.05) is 0 Å². The predicted octanol–water partition coefficient (Wildman–Crippen LogP) is 2.27. The Kier molecular flexibility index (Phi) is 6.46. The molecule has 1 saturated carbocycles. The molecule has 1 saturated heterocycles. The smallest absolute Gasteiger partial charge is 0.0599 e. The molecule has 2 rings (SSSR count). The standard InChI is InChI=1S/C15H30N2O/c1-2-10-17(13-14-4-5-14)11-3-12-18-15-6-8-16-9-7-15/h14-16H,2-13H2,1H3. The van der Waals surface area contributed by atoms with Gasteiger partial charge in [-0.2, -0.15) is 0 Å². The third-order valence-electron chi connectivity index (χ3n) is 4.01. The molecular formula is C15H30N2O. The van der Waals surface area contributed by atoms with E-state index in [9.17, 15) is 0 Å².